The van der Waals surface area contributed by atoms with Crippen molar-refractivity contribution >= 4 is 33.6 Å². The molecule has 0 bridgehead atoms. The first-order chi connectivity index (χ1) is 29.2. The van der Waals surface area contributed by atoms with Crippen LogP contribution in [0.25, 0.3) is 0 Å². The summed E-state index contributed by atoms with van der Waals surface area (Å²) >= 11 is 2.30. The molecule has 286 valence electrons. The van der Waals surface area contributed by atoms with Crippen molar-refractivity contribution in [3.63, 3.8) is 0 Å². The van der Waals surface area contributed by atoms with Crippen LogP contribution in [0.15, 0.2) is 128 Å². The van der Waals surface area contributed by atoms with Gasteiger partial charge in [0, 0.05) is 6.54 Å². The van der Waals surface area contributed by atoms with E-state index in [1.165, 1.54) is 6.20 Å². The van der Waals surface area contributed by atoms with Gasteiger partial charge < -0.3 is 29.0 Å². The molecular weight excluding hydrogens is 743 g/mol. The van der Waals surface area contributed by atoms with Gasteiger partial charge in [0.2, 0.25) is 5.78 Å². The number of terminal acetylenes is 1. The van der Waals surface area contributed by atoms with Gasteiger partial charge in [-0.05, 0) is 35.1 Å². The lowest BCUT2D eigenvalue weighted by Gasteiger charge is -2.46. The van der Waals surface area contributed by atoms with E-state index < -0.39 is 56.9 Å². The van der Waals surface area contributed by atoms with E-state index >= 15 is 0 Å². The van der Waals surface area contributed by atoms with Crippen LogP contribution in [0.4, 0.5) is 5.13 Å². The standard InChI is InChI=1S/C45H43N3O6S2/c1-3-39-48-31(2)44(56-39)40(49)38-25-47-45(55-38)46-24-36-41(51-27-33-18-10-5-11-19-33)43(53-29-35-22-14-7-15-23-35)42(52-28-34-20-12-6-13-21-34)37(54-36)30-50-26-32-16-8-4-9-17-32/h1,4-23,25,36-37,41-43H,24,26-30H2,2H3,(H,46,47)/t36?,37-,41-,42-,43-/m1/s1/i26D,27D,28D,29D/t26?,27?,28?,29?,36?,37-,41-,42-,43-. The molecule has 11 heteroatoms. The van der Waals surface area contributed by atoms with Gasteiger partial charge in [-0.25, -0.2) is 9.97 Å². The van der Waals surface area contributed by atoms with Crippen LogP contribution in [-0.2, 0) is 50.0 Å². The average molecular weight is 790 g/mol. The number of ketones is 1. The number of aryl methyl sites for hydroxylation is 1. The summed E-state index contributed by atoms with van der Waals surface area (Å²) in [5.41, 5.74) is 2.90. The highest BCUT2D eigenvalue weighted by Crippen LogP contribution is 2.32. The first kappa shape index (κ1) is 34.2. The summed E-state index contributed by atoms with van der Waals surface area (Å²) in [7, 11) is 0. The molecule has 9 atom stereocenters. The highest BCUT2D eigenvalue weighted by atomic mass is 32.1. The zero-order chi connectivity index (χ0) is 42.0. The van der Waals surface area contributed by atoms with Crippen LogP contribution in [0.5, 0.6) is 0 Å². The minimum Gasteiger partial charge on any atom is -0.374 e. The molecule has 1 N–H and O–H groups in total. The third kappa shape index (κ3) is 10.4. The summed E-state index contributed by atoms with van der Waals surface area (Å²) in [5.74, 6) is 2.24. The fourth-order valence-corrected chi connectivity index (χ4v) is 7.70. The Balaban J connectivity index is 1.24. The van der Waals surface area contributed by atoms with Crippen molar-refractivity contribution in [3.8, 4) is 12.3 Å². The van der Waals surface area contributed by atoms with Crippen molar-refractivity contribution in [1.29, 1.82) is 0 Å². The minimum atomic E-state index is -1.23. The van der Waals surface area contributed by atoms with Crippen molar-refractivity contribution < 1.29 is 34.0 Å². The van der Waals surface area contributed by atoms with Gasteiger partial charge in [0.25, 0.3) is 0 Å². The molecule has 0 spiro atoms. The molecule has 56 heavy (non-hydrogen) atoms. The number of hydrogen-bond donors (Lipinski definition) is 1. The van der Waals surface area contributed by atoms with Gasteiger partial charge in [-0.3, -0.25) is 4.79 Å². The molecule has 2 aromatic heterocycles. The van der Waals surface area contributed by atoms with Gasteiger partial charge in [-0.2, -0.15) is 0 Å². The smallest absolute Gasteiger partial charge is 0.216 e. The Labute approximate surface area is 341 Å². The van der Waals surface area contributed by atoms with E-state index in [-0.39, 0.29) is 18.9 Å². The minimum absolute atomic E-state index is 0.0528. The maximum Gasteiger partial charge on any atom is 0.216 e. The van der Waals surface area contributed by atoms with Gasteiger partial charge >= 0.3 is 0 Å². The highest BCUT2D eigenvalue weighted by molar-refractivity contribution is 7.19. The number of anilines is 1. The van der Waals surface area contributed by atoms with Crippen LogP contribution < -0.4 is 5.32 Å². The van der Waals surface area contributed by atoms with Crippen molar-refractivity contribution in [2.45, 2.75) is 63.8 Å². The van der Waals surface area contributed by atoms with Crippen molar-refractivity contribution in [2.75, 3.05) is 18.5 Å². The van der Waals surface area contributed by atoms with E-state index in [9.17, 15) is 6.17 Å². The van der Waals surface area contributed by atoms with Crippen LogP contribution in [0.3, 0.4) is 0 Å². The van der Waals surface area contributed by atoms with Crippen LogP contribution in [0.1, 0.15) is 53.0 Å². The number of aromatic nitrogens is 2. The molecule has 1 saturated heterocycles. The zero-order valence-corrected chi connectivity index (χ0v) is 32.1. The number of rotatable bonds is 18. The Hall–Kier alpha value is -5.03. The second kappa shape index (κ2) is 19.7. The van der Waals surface area contributed by atoms with Gasteiger partial charge in [-0.1, -0.05) is 133 Å². The highest BCUT2D eigenvalue weighted by Gasteiger charge is 2.48. The SMILES string of the molecule is [2H]C(OC[C@H]1OC(CNc2ncc(C(=O)c3sc(C#C)nc3C)s2)[C@@H](OC([2H])c2ccccc2)[C@@H](OC([2H])c2ccccc2)[C@@H]1OC([2H])c1ccccc1)c1ccccc1. The predicted molar refractivity (Wildman–Crippen MR) is 219 cm³/mol. The van der Waals surface area contributed by atoms with E-state index in [0.29, 0.717) is 47.8 Å². The Kier molecular flexibility index (Phi) is 12.1. The molecule has 3 heterocycles. The number of ether oxygens (including phenoxy) is 5. The lowest BCUT2D eigenvalue weighted by Crippen LogP contribution is -2.62. The van der Waals surface area contributed by atoms with Crippen molar-refractivity contribution in [3.05, 3.63) is 170 Å². The maximum absolute atomic E-state index is 13.5. The molecule has 0 aliphatic carbocycles. The Morgan fingerprint density at radius 2 is 1.25 bits per heavy atom. The average Bonchev–Trinajstić information content (AvgIpc) is 3.93. The number of nitrogens with zero attached hydrogens (tertiary/aromatic N) is 2. The Bertz CT molecular complexity index is 2320. The Morgan fingerprint density at radius 1 is 0.750 bits per heavy atom. The quantitative estimate of drug-likeness (QED) is 0.0682. The second-order valence-electron chi connectivity index (χ2n) is 12.8. The normalized spacial score (nSPS) is 22.6. The fourth-order valence-electron chi connectivity index (χ4n) is 6.04. The van der Waals surface area contributed by atoms with E-state index in [2.05, 4.69) is 21.2 Å². The lowest BCUT2D eigenvalue weighted by molar-refractivity contribution is -0.269. The molecule has 0 radical (unpaired) electrons. The number of carbonyl (C=O) groups is 1. The monoisotopic (exact) mass is 789 g/mol. The van der Waals surface area contributed by atoms with Crippen LogP contribution in [0.2, 0.25) is 0 Å². The molecule has 7 rings (SSSR count). The topological polar surface area (TPSA) is 101 Å². The van der Waals surface area contributed by atoms with E-state index in [1.54, 1.807) is 55.5 Å². The third-order valence-corrected chi connectivity index (χ3v) is 10.8. The summed E-state index contributed by atoms with van der Waals surface area (Å²) < 4.78 is 69.1. The summed E-state index contributed by atoms with van der Waals surface area (Å²) in [4.78, 5) is 23.1. The van der Waals surface area contributed by atoms with E-state index in [0.717, 1.165) is 22.7 Å². The van der Waals surface area contributed by atoms with Crippen LogP contribution in [-0.4, -0.2) is 59.4 Å². The molecule has 6 aromatic rings. The van der Waals surface area contributed by atoms with Crippen LogP contribution in [0, 0.1) is 19.3 Å². The van der Waals surface area contributed by atoms with Gasteiger partial charge in [0.1, 0.15) is 30.5 Å². The third-order valence-electron chi connectivity index (χ3n) is 8.80. The molecule has 1 aliphatic heterocycles. The lowest BCUT2D eigenvalue weighted by atomic mass is 9.93. The molecule has 5 unspecified atom stereocenters. The van der Waals surface area contributed by atoms with E-state index in [4.69, 9.17) is 34.2 Å². The van der Waals surface area contributed by atoms with Crippen molar-refractivity contribution in [2.24, 2.45) is 0 Å². The molecule has 9 nitrogen and oxygen atoms in total. The number of benzene rings is 4. The maximum atomic E-state index is 13.5. The van der Waals surface area contributed by atoms with Crippen molar-refractivity contribution in [1.82, 2.24) is 9.97 Å². The predicted octanol–water partition coefficient (Wildman–Crippen LogP) is 8.27. The largest absolute Gasteiger partial charge is 0.374 e. The summed E-state index contributed by atoms with van der Waals surface area (Å²) in [6.07, 6.45) is 1.92. The molecule has 4 aromatic carbocycles. The van der Waals surface area contributed by atoms with Gasteiger partial charge in [-0.15, -0.1) is 17.8 Å². The molecule has 1 fully saturated rings. The van der Waals surface area contributed by atoms with Crippen LogP contribution >= 0.6 is 22.7 Å². The molecular formula is C45H43N3O6S2. The molecule has 0 saturated carbocycles. The first-order valence-corrected chi connectivity index (χ1v) is 19.6. The van der Waals surface area contributed by atoms with E-state index in [1.807, 2.05) is 72.8 Å². The molecule has 1 aliphatic rings. The fraction of sp³-hybridized carbons (Fsp3) is 0.267. The number of hydrogen-bond acceptors (Lipinski definition) is 11. The number of nitrogens with one attached hydrogen (secondary N) is 1. The zero-order valence-electron chi connectivity index (χ0n) is 34.5. The van der Waals surface area contributed by atoms with Gasteiger partial charge in [0.05, 0.1) is 60.1 Å². The summed E-state index contributed by atoms with van der Waals surface area (Å²) in [5, 5.41) is 4.14. The first-order valence-electron chi connectivity index (χ1n) is 20.3. The summed E-state index contributed by atoms with van der Waals surface area (Å²) in [6, 6.07) is 36.2. The Morgan fingerprint density at radius 3 is 1.77 bits per heavy atom. The second-order valence-corrected chi connectivity index (χ2v) is 14.8. The number of carbonyl (C=O) groups excluding carboxylic acids is 1. The number of thiazole rings is 2. The summed E-state index contributed by atoms with van der Waals surface area (Å²) in [6.45, 7) is -3.09. The van der Waals surface area contributed by atoms with Gasteiger partial charge in [0.15, 0.2) is 10.1 Å². The molecule has 0 amide bonds.